The maximum Gasteiger partial charge on any atom is 0.307 e. The summed E-state index contributed by atoms with van der Waals surface area (Å²) in [5.41, 5.74) is 0. The minimum atomic E-state index is -0.852. The Morgan fingerprint density at radius 2 is 2.00 bits per heavy atom. The molecule has 0 aliphatic rings. The third-order valence-electron chi connectivity index (χ3n) is 1.56. The van der Waals surface area contributed by atoms with Crippen molar-refractivity contribution in [3.05, 3.63) is 0 Å². The second kappa shape index (κ2) is 6.96. The molecule has 0 aliphatic carbocycles. The van der Waals surface area contributed by atoms with E-state index in [9.17, 15) is 9.59 Å². The summed E-state index contributed by atoms with van der Waals surface area (Å²) in [6, 6.07) is 0. The monoisotopic (exact) mass is 198 g/mol. The summed E-state index contributed by atoms with van der Waals surface area (Å²) in [5.74, 6) is 1.04. The zero-order valence-corrected chi connectivity index (χ0v) is 8.16. The highest BCUT2D eigenvalue weighted by Gasteiger charge is 2.06. The average molecular weight is 198 g/mol. The number of hydrogen-bond donors (Lipinski definition) is 1. The number of carboxylic acid groups (broad SMARTS) is 1. The lowest BCUT2D eigenvalue weighted by molar-refractivity contribution is -0.146. The minimum Gasteiger partial charge on any atom is -0.481 e. The van der Waals surface area contributed by atoms with E-state index in [0.717, 1.165) is 0 Å². The molecule has 0 aliphatic heterocycles. The molecule has 0 spiro atoms. The van der Waals surface area contributed by atoms with Gasteiger partial charge in [-0.25, -0.2) is 0 Å². The highest BCUT2D eigenvalue weighted by atomic mass is 16.5. The molecule has 0 aromatic heterocycles. The van der Waals surface area contributed by atoms with Crippen molar-refractivity contribution in [3.8, 4) is 12.3 Å². The quantitative estimate of drug-likeness (QED) is 0.395. The Morgan fingerprint density at radius 3 is 2.50 bits per heavy atom. The summed E-state index contributed by atoms with van der Waals surface area (Å²) < 4.78 is 4.78. The number of hydrogen-bond acceptors (Lipinski definition) is 3. The second-order valence-electron chi connectivity index (χ2n) is 2.90. The molecular weight excluding hydrogens is 184 g/mol. The van der Waals surface area contributed by atoms with Crippen molar-refractivity contribution >= 4 is 11.9 Å². The van der Waals surface area contributed by atoms with Crippen LogP contribution in [0.4, 0.5) is 0 Å². The van der Waals surface area contributed by atoms with Crippen LogP contribution in [0, 0.1) is 12.3 Å². The van der Waals surface area contributed by atoms with Crippen molar-refractivity contribution < 1.29 is 19.4 Å². The van der Waals surface area contributed by atoms with Gasteiger partial charge in [0.1, 0.15) is 0 Å². The number of carbonyl (C=O) groups excluding carboxylic acids is 1. The Hall–Kier alpha value is -1.50. The fourth-order valence-electron chi connectivity index (χ4n) is 0.836. The topological polar surface area (TPSA) is 63.6 Å². The Balaban J connectivity index is 3.46. The van der Waals surface area contributed by atoms with Crippen molar-refractivity contribution in [2.75, 3.05) is 0 Å². The van der Waals surface area contributed by atoms with Crippen molar-refractivity contribution in [1.29, 1.82) is 0 Å². The van der Waals surface area contributed by atoms with Crippen LogP contribution in [0.5, 0.6) is 0 Å². The van der Waals surface area contributed by atoms with Crippen LogP contribution >= 0.6 is 0 Å². The molecular formula is C10H14O4. The summed E-state index contributed by atoms with van der Waals surface area (Å²) in [5, 5.41) is 8.32. The largest absolute Gasteiger partial charge is 0.481 e. The van der Waals surface area contributed by atoms with E-state index >= 15 is 0 Å². The third kappa shape index (κ3) is 7.17. The Kier molecular flexibility index (Phi) is 6.21. The Bertz CT molecular complexity index is 239. The van der Waals surface area contributed by atoms with Gasteiger partial charge in [-0.3, -0.25) is 9.59 Å². The van der Waals surface area contributed by atoms with Gasteiger partial charge in [0.2, 0.25) is 0 Å². The van der Waals surface area contributed by atoms with Crippen molar-refractivity contribution in [2.45, 2.75) is 38.7 Å². The third-order valence-corrected chi connectivity index (χ3v) is 1.56. The predicted octanol–water partition coefficient (Wildman–Crippen LogP) is 1.20. The zero-order valence-electron chi connectivity index (χ0n) is 8.16. The number of carboxylic acids is 1. The molecule has 0 rings (SSSR count). The number of unbranched alkanes of at least 4 members (excludes halogenated alkanes) is 1. The summed E-state index contributed by atoms with van der Waals surface area (Å²) in [7, 11) is 0. The van der Waals surface area contributed by atoms with Gasteiger partial charge < -0.3 is 9.84 Å². The number of ether oxygens (including phenoxy) is 1. The number of aliphatic carboxylic acids is 1. The zero-order chi connectivity index (χ0) is 11.0. The lowest BCUT2D eigenvalue weighted by Crippen LogP contribution is -2.12. The number of terminal acetylenes is 1. The fraction of sp³-hybridized carbons (Fsp3) is 0.600. The first kappa shape index (κ1) is 12.5. The van der Waals surface area contributed by atoms with Gasteiger partial charge in [0.15, 0.2) is 6.10 Å². The number of carbonyl (C=O) groups is 2. The molecule has 4 heteroatoms. The predicted molar refractivity (Wildman–Crippen MR) is 50.5 cm³/mol. The van der Waals surface area contributed by atoms with E-state index in [1.807, 2.05) is 0 Å². The van der Waals surface area contributed by atoms with Crippen molar-refractivity contribution in [2.24, 2.45) is 0 Å². The molecule has 1 N–H and O–H groups in total. The summed E-state index contributed by atoms with van der Waals surface area (Å²) in [6.45, 7) is 1.61. The molecule has 0 saturated carbocycles. The maximum atomic E-state index is 11.0. The molecule has 0 saturated heterocycles. The first-order valence-corrected chi connectivity index (χ1v) is 4.43. The number of rotatable bonds is 6. The minimum absolute atomic E-state index is 0.0813. The molecule has 14 heavy (non-hydrogen) atoms. The second-order valence-corrected chi connectivity index (χ2v) is 2.90. The summed E-state index contributed by atoms with van der Waals surface area (Å²) in [6.07, 6.45) is 5.80. The van der Waals surface area contributed by atoms with Crippen molar-refractivity contribution in [1.82, 2.24) is 0 Å². The van der Waals surface area contributed by atoms with Gasteiger partial charge in [-0.15, -0.1) is 6.42 Å². The van der Waals surface area contributed by atoms with Gasteiger partial charge in [-0.1, -0.05) is 5.92 Å². The molecule has 0 aromatic carbocycles. The van der Waals surface area contributed by atoms with Gasteiger partial charge in [0, 0.05) is 12.8 Å². The summed E-state index contributed by atoms with van der Waals surface area (Å²) >= 11 is 0. The molecule has 4 nitrogen and oxygen atoms in total. The van der Waals surface area contributed by atoms with E-state index < -0.39 is 12.1 Å². The van der Waals surface area contributed by atoms with E-state index in [-0.39, 0.29) is 18.8 Å². The van der Waals surface area contributed by atoms with Crippen LogP contribution in [-0.4, -0.2) is 23.1 Å². The van der Waals surface area contributed by atoms with Gasteiger partial charge in [0.25, 0.3) is 0 Å². The molecule has 0 heterocycles. The lowest BCUT2D eigenvalue weighted by Gasteiger charge is -2.06. The smallest absolute Gasteiger partial charge is 0.307 e. The molecule has 1 unspecified atom stereocenters. The van der Waals surface area contributed by atoms with Crippen LogP contribution in [0.15, 0.2) is 0 Å². The average Bonchev–Trinajstić information content (AvgIpc) is 2.12. The van der Waals surface area contributed by atoms with Gasteiger partial charge in [-0.2, -0.15) is 0 Å². The van der Waals surface area contributed by atoms with Crippen LogP contribution < -0.4 is 0 Å². The Morgan fingerprint density at radius 1 is 1.43 bits per heavy atom. The highest BCUT2D eigenvalue weighted by molar-refractivity contribution is 5.70. The molecule has 0 bridgehead atoms. The molecule has 0 amide bonds. The fourth-order valence-corrected chi connectivity index (χ4v) is 0.836. The van der Waals surface area contributed by atoms with Crippen LogP contribution in [0.1, 0.15) is 32.6 Å². The van der Waals surface area contributed by atoms with E-state index in [1.165, 1.54) is 0 Å². The lowest BCUT2D eigenvalue weighted by atomic mass is 10.2. The van der Waals surface area contributed by atoms with Crippen LogP contribution in [0.2, 0.25) is 0 Å². The van der Waals surface area contributed by atoms with Gasteiger partial charge >= 0.3 is 11.9 Å². The normalized spacial score (nSPS) is 11.4. The first-order chi connectivity index (χ1) is 6.56. The van der Waals surface area contributed by atoms with E-state index in [2.05, 4.69) is 5.92 Å². The van der Waals surface area contributed by atoms with E-state index in [0.29, 0.717) is 12.8 Å². The Labute approximate surface area is 83.3 Å². The SMILES string of the molecule is C#CC(C)OC(=O)CCCCC(=O)O. The van der Waals surface area contributed by atoms with Crippen molar-refractivity contribution in [3.63, 3.8) is 0 Å². The highest BCUT2D eigenvalue weighted by Crippen LogP contribution is 2.02. The summed E-state index contributed by atoms with van der Waals surface area (Å²) in [4.78, 5) is 21.1. The molecule has 78 valence electrons. The maximum absolute atomic E-state index is 11.0. The van der Waals surface area contributed by atoms with Crippen LogP contribution in [-0.2, 0) is 14.3 Å². The van der Waals surface area contributed by atoms with Gasteiger partial charge in [0.05, 0.1) is 0 Å². The standard InChI is InChI=1S/C10H14O4/c1-3-8(2)14-10(13)7-5-4-6-9(11)12/h1,8H,4-7H2,2H3,(H,11,12). The molecule has 0 fully saturated rings. The molecule has 0 aromatic rings. The number of esters is 1. The van der Waals surface area contributed by atoms with E-state index in [1.54, 1.807) is 6.92 Å². The van der Waals surface area contributed by atoms with E-state index in [4.69, 9.17) is 16.3 Å². The van der Waals surface area contributed by atoms with Crippen LogP contribution in [0.25, 0.3) is 0 Å². The van der Waals surface area contributed by atoms with Gasteiger partial charge in [-0.05, 0) is 19.8 Å². The first-order valence-electron chi connectivity index (χ1n) is 4.43. The molecule has 0 radical (unpaired) electrons. The molecule has 1 atom stereocenters. The van der Waals surface area contributed by atoms with Crippen LogP contribution in [0.3, 0.4) is 0 Å².